The summed E-state index contributed by atoms with van der Waals surface area (Å²) in [5.74, 6) is -0.0770. The third-order valence-corrected chi connectivity index (χ3v) is 5.67. The van der Waals surface area contributed by atoms with Gasteiger partial charge in [0.25, 0.3) is 0 Å². The molecule has 2 aromatic carbocycles. The molecule has 1 aliphatic rings. The van der Waals surface area contributed by atoms with E-state index >= 15 is 0 Å². The molecule has 0 N–H and O–H groups in total. The number of hydrogen-bond donors (Lipinski definition) is 0. The predicted molar refractivity (Wildman–Crippen MR) is 104 cm³/mol. The maximum absolute atomic E-state index is 12.8. The topological polar surface area (TPSA) is 29.4 Å². The van der Waals surface area contributed by atoms with Crippen LogP contribution in [-0.4, -0.2) is 11.5 Å². The molecule has 0 unspecified atom stereocenters. The highest BCUT2D eigenvalue weighted by Gasteiger charge is 2.30. The molecule has 0 amide bonds. The Morgan fingerprint density at radius 1 is 1.07 bits per heavy atom. The van der Waals surface area contributed by atoms with Gasteiger partial charge in [-0.1, -0.05) is 42.5 Å². The van der Waals surface area contributed by atoms with Gasteiger partial charge >= 0.3 is 6.18 Å². The second-order valence-corrected chi connectivity index (χ2v) is 7.55. The Morgan fingerprint density at radius 2 is 1.89 bits per heavy atom. The van der Waals surface area contributed by atoms with Crippen molar-refractivity contribution in [2.24, 2.45) is 4.99 Å². The Hall–Kier alpha value is -2.73. The summed E-state index contributed by atoms with van der Waals surface area (Å²) in [7, 11) is 0. The van der Waals surface area contributed by atoms with Gasteiger partial charge in [0.15, 0.2) is 5.78 Å². The van der Waals surface area contributed by atoms with Crippen LogP contribution >= 0.6 is 11.3 Å². The Labute approximate surface area is 164 Å². The third kappa shape index (κ3) is 3.78. The lowest BCUT2D eigenvalue weighted by molar-refractivity contribution is -0.137. The second-order valence-electron chi connectivity index (χ2n) is 6.64. The molecule has 0 spiro atoms. The van der Waals surface area contributed by atoms with E-state index in [1.165, 1.54) is 23.0 Å². The highest BCUT2D eigenvalue weighted by molar-refractivity contribution is 7.12. The number of fused-ring (bicyclic) bond motifs is 1. The summed E-state index contributed by atoms with van der Waals surface area (Å²) < 4.78 is 38.4. The number of nitrogens with zero attached hydrogens (tertiary/aromatic N) is 1. The first-order valence-corrected chi connectivity index (χ1v) is 9.71. The van der Waals surface area contributed by atoms with Crippen molar-refractivity contribution in [2.75, 3.05) is 0 Å². The van der Waals surface area contributed by atoms with Crippen molar-refractivity contribution in [1.29, 1.82) is 0 Å². The van der Waals surface area contributed by atoms with Crippen molar-refractivity contribution < 1.29 is 18.0 Å². The summed E-state index contributed by atoms with van der Waals surface area (Å²) in [6.07, 6.45) is -3.93. The highest BCUT2D eigenvalue weighted by Crippen LogP contribution is 2.30. The van der Waals surface area contributed by atoms with E-state index in [2.05, 4.69) is 4.99 Å². The fourth-order valence-corrected chi connectivity index (χ4v) is 4.20. The zero-order valence-corrected chi connectivity index (χ0v) is 15.6. The predicted octanol–water partition coefficient (Wildman–Crippen LogP) is 5.93. The Kier molecular flexibility index (Phi) is 4.89. The molecule has 28 heavy (non-hydrogen) atoms. The van der Waals surface area contributed by atoms with Crippen LogP contribution in [0.25, 0.3) is 0 Å². The molecule has 0 atom stereocenters. The summed E-state index contributed by atoms with van der Waals surface area (Å²) in [5, 5.41) is 1.80. The minimum Gasteiger partial charge on any atom is -0.294 e. The van der Waals surface area contributed by atoms with Crippen LogP contribution in [0.5, 0.6) is 0 Å². The summed E-state index contributed by atoms with van der Waals surface area (Å²) in [5.41, 5.74) is 3.56. The van der Waals surface area contributed by atoms with E-state index in [0.29, 0.717) is 17.7 Å². The van der Waals surface area contributed by atoms with Crippen LogP contribution in [0.1, 0.15) is 43.9 Å². The Balaban J connectivity index is 1.45. The smallest absolute Gasteiger partial charge is 0.294 e. The molecule has 0 fully saturated rings. The fourth-order valence-electron chi connectivity index (χ4n) is 3.26. The number of hydrogen-bond acceptors (Lipinski definition) is 3. The SMILES string of the molecule is O=C(CCc1cccc(C(F)(F)F)c1)c1csc(C2=NCc3ccccc32)c1. The molecular formula is C22H16F3NOS. The molecule has 0 saturated carbocycles. The molecule has 0 saturated heterocycles. The minimum atomic E-state index is -4.37. The van der Waals surface area contributed by atoms with E-state index < -0.39 is 11.7 Å². The van der Waals surface area contributed by atoms with Gasteiger partial charge in [-0.15, -0.1) is 11.3 Å². The van der Waals surface area contributed by atoms with Crippen molar-refractivity contribution >= 4 is 22.8 Å². The maximum atomic E-state index is 12.8. The van der Waals surface area contributed by atoms with Crippen LogP contribution in [0.15, 0.2) is 65.0 Å². The Bertz CT molecular complexity index is 1070. The number of halogens is 3. The van der Waals surface area contributed by atoms with E-state index in [1.807, 2.05) is 30.3 Å². The molecule has 4 rings (SSSR count). The molecule has 0 radical (unpaired) electrons. The minimum absolute atomic E-state index is 0.0770. The van der Waals surface area contributed by atoms with Crippen molar-refractivity contribution in [3.05, 3.63) is 92.7 Å². The number of carbonyl (C=O) groups is 1. The summed E-state index contributed by atoms with van der Waals surface area (Å²) >= 11 is 1.47. The van der Waals surface area contributed by atoms with Gasteiger partial charge in [-0.2, -0.15) is 13.2 Å². The molecule has 1 aromatic heterocycles. The number of thiophene rings is 1. The third-order valence-electron chi connectivity index (χ3n) is 4.73. The number of aliphatic imine (C=N–C) groups is 1. The molecular weight excluding hydrogens is 383 g/mol. The zero-order chi connectivity index (χ0) is 19.7. The number of alkyl halides is 3. The van der Waals surface area contributed by atoms with Gasteiger partial charge < -0.3 is 0 Å². The Morgan fingerprint density at radius 3 is 2.71 bits per heavy atom. The summed E-state index contributed by atoms with van der Waals surface area (Å²) in [4.78, 5) is 18.0. The van der Waals surface area contributed by atoms with Gasteiger partial charge in [-0.25, -0.2) is 0 Å². The molecule has 1 aliphatic heterocycles. The first-order chi connectivity index (χ1) is 13.4. The summed E-state index contributed by atoms with van der Waals surface area (Å²) in [6, 6.07) is 15.0. The monoisotopic (exact) mass is 399 g/mol. The lowest BCUT2D eigenvalue weighted by Gasteiger charge is -2.08. The van der Waals surface area contributed by atoms with Crippen molar-refractivity contribution in [3.63, 3.8) is 0 Å². The normalized spacial score (nSPS) is 13.3. The van der Waals surface area contributed by atoms with E-state index in [-0.39, 0.29) is 18.6 Å². The van der Waals surface area contributed by atoms with E-state index in [1.54, 1.807) is 11.4 Å². The van der Waals surface area contributed by atoms with Crippen LogP contribution in [-0.2, 0) is 19.1 Å². The zero-order valence-electron chi connectivity index (χ0n) is 14.8. The van der Waals surface area contributed by atoms with Gasteiger partial charge in [0.05, 0.1) is 22.7 Å². The van der Waals surface area contributed by atoms with Gasteiger partial charge in [0.1, 0.15) is 0 Å². The summed E-state index contributed by atoms with van der Waals surface area (Å²) in [6.45, 7) is 0.641. The van der Waals surface area contributed by atoms with Crippen LogP contribution in [0.2, 0.25) is 0 Å². The molecule has 2 nitrogen and oxygen atoms in total. The average molecular weight is 399 g/mol. The van der Waals surface area contributed by atoms with Crippen molar-refractivity contribution in [1.82, 2.24) is 0 Å². The number of aryl methyl sites for hydroxylation is 1. The largest absolute Gasteiger partial charge is 0.416 e. The first kappa shape index (κ1) is 18.6. The fraction of sp³-hybridized carbons (Fsp3) is 0.182. The van der Waals surface area contributed by atoms with Crippen LogP contribution in [0.4, 0.5) is 13.2 Å². The van der Waals surface area contributed by atoms with E-state index in [9.17, 15) is 18.0 Å². The van der Waals surface area contributed by atoms with Crippen LogP contribution < -0.4 is 0 Å². The highest BCUT2D eigenvalue weighted by atomic mass is 32.1. The molecule has 0 bridgehead atoms. The molecule has 142 valence electrons. The van der Waals surface area contributed by atoms with Gasteiger partial charge in [0.2, 0.25) is 0 Å². The average Bonchev–Trinajstić information content (AvgIpc) is 3.32. The lowest BCUT2D eigenvalue weighted by atomic mass is 10.0. The quantitative estimate of drug-likeness (QED) is 0.489. The van der Waals surface area contributed by atoms with E-state index in [4.69, 9.17) is 0 Å². The van der Waals surface area contributed by atoms with Gasteiger partial charge in [0, 0.05) is 22.9 Å². The van der Waals surface area contributed by atoms with Crippen molar-refractivity contribution in [3.8, 4) is 0 Å². The molecule has 2 heterocycles. The van der Waals surface area contributed by atoms with Crippen LogP contribution in [0.3, 0.4) is 0 Å². The second kappa shape index (κ2) is 7.36. The molecule has 0 aliphatic carbocycles. The van der Waals surface area contributed by atoms with Gasteiger partial charge in [-0.05, 0) is 29.7 Å². The van der Waals surface area contributed by atoms with Gasteiger partial charge in [-0.3, -0.25) is 9.79 Å². The van der Waals surface area contributed by atoms with Crippen molar-refractivity contribution in [2.45, 2.75) is 25.6 Å². The number of benzene rings is 2. The number of rotatable bonds is 5. The standard InChI is InChI=1S/C22H16F3NOS/c23-22(24,25)17-6-3-4-14(10-17)8-9-19(27)16-11-20(28-13-16)21-18-7-2-1-5-15(18)12-26-21/h1-7,10-11,13H,8-9,12H2. The van der Waals surface area contributed by atoms with E-state index in [0.717, 1.165) is 28.3 Å². The number of Topliss-reactive ketones (excluding diaryl/α,β-unsaturated/α-hetero) is 1. The maximum Gasteiger partial charge on any atom is 0.416 e. The number of ketones is 1. The van der Waals surface area contributed by atoms with Crippen LogP contribution in [0, 0.1) is 0 Å². The molecule has 3 aromatic rings. The first-order valence-electron chi connectivity index (χ1n) is 8.83. The number of carbonyl (C=O) groups excluding carboxylic acids is 1. The lowest BCUT2D eigenvalue weighted by Crippen LogP contribution is -2.06. The molecule has 6 heteroatoms.